The summed E-state index contributed by atoms with van der Waals surface area (Å²) in [4.78, 5) is 0. The number of nitrogens with one attached hydrogen (secondary N) is 2. The fourth-order valence-corrected chi connectivity index (χ4v) is 2.61. The van der Waals surface area contributed by atoms with Crippen molar-refractivity contribution in [2.24, 2.45) is 0 Å². The summed E-state index contributed by atoms with van der Waals surface area (Å²) in [6.07, 6.45) is 0. The van der Waals surface area contributed by atoms with Crippen LogP contribution in [-0.2, 0) is 0 Å². The van der Waals surface area contributed by atoms with Gasteiger partial charge in [0, 0.05) is 0 Å². The molecule has 0 aliphatic heterocycles. The Morgan fingerprint density at radius 2 is 1.84 bits per heavy atom. The number of aryl methyl sites for hydroxylation is 2. The van der Waals surface area contributed by atoms with Gasteiger partial charge in [0.1, 0.15) is 18.1 Å². The molecule has 0 saturated carbocycles. The molecule has 4 nitrogen and oxygen atoms in total. The summed E-state index contributed by atoms with van der Waals surface area (Å²) in [6, 6.07) is 13.9. The monoisotopic (exact) mass is 358 g/mol. The van der Waals surface area contributed by atoms with Crippen LogP contribution in [0.3, 0.4) is 0 Å². The lowest BCUT2D eigenvalue weighted by Gasteiger charge is -2.19. The third-order valence-corrected chi connectivity index (χ3v) is 4.01. The molecule has 0 aliphatic rings. The summed E-state index contributed by atoms with van der Waals surface area (Å²) in [6.45, 7) is 9.30. The van der Waals surface area contributed by atoms with Crippen molar-refractivity contribution in [1.29, 1.82) is 0 Å². The SMILES string of the molecule is CCOc1ccccc1NC(=S)NC(C)COc1ccc(C)c(C)c1. The van der Waals surface area contributed by atoms with Crippen molar-refractivity contribution < 1.29 is 9.47 Å². The van der Waals surface area contributed by atoms with E-state index in [4.69, 9.17) is 21.7 Å². The second-order valence-electron chi connectivity index (χ2n) is 5.99. The summed E-state index contributed by atoms with van der Waals surface area (Å²) in [5, 5.41) is 6.96. The van der Waals surface area contributed by atoms with Crippen LogP contribution in [0.5, 0.6) is 11.5 Å². The predicted molar refractivity (Wildman–Crippen MR) is 108 cm³/mol. The Hall–Kier alpha value is -2.27. The Balaban J connectivity index is 1.84. The summed E-state index contributed by atoms with van der Waals surface area (Å²) in [7, 11) is 0. The molecule has 2 N–H and O–H groups in total. The zero-order chi connectivity index (χ0) is 18.2. The predicted octanol–water partition coefficient (Wildman–Crippen LogP) is 4.46. The van der Waals surface area contributed by atoms with Crippen LogP contribution in [0.25, 0.3) is 0 Å². The van der Waals surface area contributed by atoms with Crippen molar-refractivity contribution in [2.45, 2.75) is 33.7 Å². The number of thiocarbonyl (C=S) groups is 1. The van der Waals surface area contributed by atoms with Gasteiger partial charge in [0.25, 0.3) is 0 Å². The molecule has 0 aliphatic carbocycles. The van der Waals surface area contributed by atoms with Crippen LogP contribution in [0.4, 0.5) is 5.69 Å². The van der Waals surface area contributed by atoms with Crippen molar-refractivity contribution in [3.8, 4) is 11.5 Å². The van der Waals surface area contributed by atoms with Gasteiger partial charge in [-0.15, -0.1) is 0 Å². The van der Waals surface area contributed by atoms with E-state index in [9.17, 15) is 0 Å². The fraction of sp³-hybridized carbons (Fsp3) is 0.350. The molecule has 25 heavy (non-hydrogen) atoms. The minimum absolute atomic E-state index is 0.0702. The molecule has 2 rings (SSSR count). The van der Waals surface area contributed by atoms with Gasteiger partial charge in [-0.2, -0.15) is 0 Å². The maximum Gasteiger partial charge on any atom is 0.171 e. The Bertz CT molecular complexity index is 719. The maximum atomic E-state index is 5.84. The first-order chi connectivity index (χ1) is 12.0. The summed E-state index contributed by atoms with van der Waals surface area (Å²) in [5.41, 5.74) is 3.34. The minimum Gasteiger partial charge on any atom is -0.492 e. The fourth-order valence-electron chi connectivity index (χ4n) is 2.30. The Morgan fingerprint density at radius 1 is 1.08 bits per heavy atom. The number of para-hydroxylation sites is 2. The van der Waals surface area contributed by atoms with Gasteiger partial charge in [0.2, 0.25) is 0 Å². The zero-order valence-electron chi connectivity index (χ0n) is 15.3. The van der Waals surface area contributed by atoms with Crippen LogP contribution in [0, 0.1) is 13.8 Å². The van der Waals surface area contributed by atoms with E-state index >= 15 is 0 Å². The van der Waals surface area contributed by atoms with Gasteiger partial charge in [-0.05, 0) is 75.3 Å². The van der Waals surface area contributed by atoms with Gasteiger partial charge in [-0.3, -0.25) is 0 Å². The van der Waals surface area contributed by atoms with Crippen LogP contribution in [0.15, 0.2) is 42.5 Å². The lowest BCUT2D eigenvalue weighted by Crippen LogP contribution is -2.39. The van der Waals surface area contributed by atoms with E-state index in [0.29, 0.717) is 18.3 Å². The number of hydrogen-bond donors (Lipinski definition) is 2. The van der Waals surface area contributed by atoms with Crippen molar-refractivity contribution in [1.82, 2.24) is 5.32 Å². The van der Waals surface area contributed by atoms with E-state index in [1.54, 1.807) is 0 Å². The lowest BCUT2D eigenvalue weighted by atomic mass is 10.1. The topological polar surface area (TPSA) is 42.5 Å². The van der Waals surface area contributed by atoms with E-state index in [1.165, 1.54) is 11.1 Å². The van der Waals surface area contributed by atoms with E-state index < -0.39 is 0 Å². The van der Waals surface area contributed by atoms with Crippen LogP contribution >= 0.6 is 12.2 Å². The zero-order valence-corrected chi connectivity index (χ0v) is 16.1. The van der Waals surface area contributed by atoms with Gasteiger partial charge in [-0.1, -0.05) is 18.2 Å². The van der Waals surface area contributed by atoms with E-state index in [0.717, 1.165) is 17.2 Å². The van der Waals surface area contributed by atoms with Gasteiger partial charge in [-0.25, -0.2) is 0 Å². The quantitative estimate of drug-likeness (QED) is 0.716. The molecule has 5 heteroatoms. The number of rotatable bonds is 7. The molecule has 0 amide bonds. The first-order valence-corrected chi connectivity index (χ1v) is 8.89. The Morgan fingerprint density at radius 3 is 2.56 bits per heavy atom. The molecular weight excluding hydrogens is 332 g/mol. The van der Waals surface area contributed by atoms with E-state index in [-0.39, 0.29) is 6.04 Å². The number of hydrogen-bond acceptors (Lipinski definition) is 3. The van der Waals surface area contributed by atoms with Gasteiger partial charge >= 0.3 is 0 Å². The van der Waals surface area contributed by atoms with Crippen LogP contribution in [-0.4, -0.2) is 24.4 Å². The molecule has 0 radical (unpaired) electrons. The average Bonchev–Trinajstić information content (AvgIpc) is 2.58. The molecule has 0 spiro atoms. The average molecular weight is 359 g/mol. The van der Waals surface area contributed by atoms with E-state index in [1.807, 2.05) is 44.2 Å². The second kappa shape index (κ2) is 9.28. The normalized spacial score (nSPS) is 11.5. The first-order valence-electron chi connectivity index (χ1n) is 8.49. The molecule has 0 fully saturated rings. The minimum atomic E-state index is 0.0702. The second-order valence-corrected chi connectivity index (χ2v) is 6.39. The molecular formula is C20H26N2O2S. The molecule has 0 saturated heterocycles. The first kappa shape index (κ1) is 19.1. The lowest BCUT2D eigenvalue weighted by molar-refractivity contribution is 0.286. The van der Waals surface area contributed by atoms with Crippen molar-refractivity contribution in [3.63, 3.8) is 0 Å². The largest absolute Gasteiger partial charge is 0.492 e. The Kier molecular flexibility index (Phi) is 7.07. The highest BCUT2D eigenvalue weighted by Crippen LogP contribution is 2.23. The molecule has 1 atom stereocenters. The highest BCUT2D eigenvalue weighted by molar-refractivity contribution is 7.80. The van der Waals surface area contributed by atoms with Crippen molar-refractivity contribution in [3.05, 3.63) is 53.6 Å². The van der Waals surface area contributed by atoms with E-state index in [2.05, 4.69) is 36.6 Å². The molecule has 1 unspecified atom stereocenters. The van der Waals surface area contributed by atoms with Gasteiger partial charge < -0.3 is 20.1 Å². The van der Waals surface area contributed by atoms with Gasteiger partial charge in [0.05, 0.1) is 18.3 Å². The molecule has 2 aromatic rings. The van der Waals surface area contributed by atoms with Crippen LogP contribution in [0.2, 0.25) is 0 Å². The number of benzene rings is 2. The molecule has 0 aromatic heterocycles. The highest BCUT2D eigenvalue weighted by Gasteiger charge is 2.08. The highest BCUT2D eigenvalue weighted by atomic mass is 32.1. The Labute approximate surface area is 155 Å². The molecule has 2 aromatic carbocycles. The molecule has 0 bridgehead atoms. The number of anilines is 1. The summed E-state index contributed by atoms with van der Waals surface area (Å²) >= 11 is 5.39. The third kappa shape index (κ3) is 5.94. The smallest absolute Gasteiger partial charge is 0.171 e. The third-order valence-electron chi connectivity index (χ3n) is 3.79. The molecule has 134 valence electrons. The van der Waals surface area contributed by atoms with Crippen LogP contribution in [0.1, 0.15) is 25.0 Å². The summed E-state index contributed by atoms with van der Waals surface area (Å²) in [5.74, 6) is 1.66. The van der Waals surface area contributed by atoms with Crippen LogP contribution < -0.4 is 20.1 Å². The number of ether oxygens (including phenoxy) is 2. The van der Waals surface area contributed by atoms with Crippen molar-refractivity contribution >= 4 is 23.0 Å². The van der Waals surface area contributed by atoms with Crippen molar-refractivity contribution in [2.75, 3.05) is 18.5 Å². The standard InChI is InChI=1S/C20H26N2O2S/c1-5-23-19-9-7-6-8-18(19)22-20(25)21-16(4)13-24-17-11-10-14(2)15(3)12-17/h6-12,16H,5,13H2,1-4H3,(H2,21,22,25). The molecule has 0 heterocycles. The summed E-state index contributed by atoms with van der Waals surface area (Å²) < 4.78 is 11.4. The van der Waals surface area contributed by atoms with Gasteiger partial charge in [0.15, 0.2) is 5.11 Å². The maximum absolute atomic E-state index is 5.84.